The lowest BCUT2D eigenvalue weighted by Gasteiger charge is -2.15. The Bertz CT molecular complexity index is 1050. The molecule has 1 heterocycles. The third kappa shape index (κ3) is 5.68. The van der Waals surface area contributed by atoms with Crippen LogP contribution in [-0.4, -0.2) is 22.4 Å². The lowest BCUT2D eigenvalue weighted by molar-refractivity contribution is -0.115. The predicted octanol–water partition coefficient (Wildman–Crippen LogP) is 6.22. The molecule has 0 saturated carbocycles. The zero-order valence-electron chi connectivity index (χ0n) is 16.5. The summed E-state index contributed by atoms with van der Waals surface area (Å²) in [5.41, 5.74) is 4.53. The Balaban J connectivity index is 1.74. The van der Waals surface area contributed by atoms with Crippen LogP contribution in [0.15, 0.2) is 70.7 Å². The summed E-state index contributed by atoms with van der Waals surface area (Å²) in [6.07, 6.45) is 3.33. The van der Waals surface area contributed by atoms with E-state index in [4.69, 9.17) is 11.6 Å². The molecule has 1 atom stereocenters. The Morgan fingerprint density at radius 3 is 2.76 bits per heavy atom. The van der Waals surface area contributed by atoms with Crippen molar-refractivity contribution >= 4 is 46.9 Å². The maximum absolute atomic E-state index is 12.7. The number of benzene rings is 2. The van der Waals surface area contributed by atoms with Crippen molar-refractivity contribution in [1.29, 1.82) is 0 Å². The molecule has 0 aliphatic heterocycles. The summed E-state index contributed by atoms with van der Waals surface area (Å²) in [4.78, 5) is 22.3. The molecule has 3 aromatic rings. The summed E-state index contributed by atoms with van der Waals surface area (Å²) in [5, 5.41) is 3.15. The van der Waals surface area contributed by atoms with E-state index >= 15 is 0 Å². The van der Waals surface area contributed by atoms with Gasteiger partial charge >= 0.3 is 0 Å². The second-order valence-electron chi connectivity index (χ2n) is 6.68. The first-order chi connectivity index (χ1) is 13.9. The van der Waals surface area contributed by atoms with Gasteiger partial charge in [-0.25, -0.2) is 4.98 Å². The van der Waals surface area contributed by atoms with E-state index in [1.165, 1.54) is 11.8 Å². The summed E-state index contributed by atoms with van der Waals surface area (Å²) in [5.74, 6) is -0.0437. The number of thioether (sulfide) groups is 1. The van der Waals surface area contributed by atoms with Gasteiger partial charge in [0.2, 0.25) is 5.91 Å². The minimum Gasteiger partial charge on any atom is -0.325 e. The second kappa shape index (κ2) is 9.72. The van der Waals surface area contributed by atoms with Crippen molar-refractivity contribution < 1.29 is 4.79 Å². The Labute approximate surface area is 180 Å². The van der Waals surface area contributed by atoms with Gasteiger partial charge in [-0.15, -0.1) is 11.8 Å². The summed E-state index contributed by atoms with van der Waals surface area (Å²) >= 11 is 7.57. The molecule has 6 heteroatoms. The molecule has 0 unspecified atom stereocenters. The average Bonchev–Trinajstić information content (AvgIpc) is 2.71. The molecular weight excluding hydrogens is 402 g/mol. The highest BCUT2D eigenvalue weighted by molar-refractivity contribution is 8.00. The molecule has 0 aliphatic carbocycles. The fourth-order valence-corrected chi connectivity index (χ4v) is 3.76. The van der Waals surface area contributed by atoms with Crippen molar-refractivity contribution in [1.82, 2.24) is 4.98 Å². The number of hydrogen-bond donors (Lipinski definition) is 1. The Hall–Kier alpha value is -2.63. The van der Waals surface area contributed by atoms with Gasteiger partial charge in [0.1, 0.15) is 5.15 Å². The highest BCUT2D eigenvalue weighted by Crippen LogP contribution is 2.33. The van der Waals surface area contributed by atoms with E-state index in [1.54, 1.807) is 12.4 Å². The van der Waals surface area contributed by atoms with Crippen LogP contribution in [0.25, 0.3) is 0 Å². The second-order valence-corrected chi connectivity index (χ2v) is 8.42. The maximum atomic E-state index is 12.7. The van der Waals surface area contributed by atoms with Crippen molar-refractivity contribution in [3.63, 3.8) is 0 Å². The van der Waals surface area contributed by atoms with Crippen LogP contribution in [0.4, 0.5) is 11.4 Å². The topological polar surface area (TPSA) is 54.4 Å². The van der Waals surface area contributed by atoms with Gasteiger partial charge in [-0.05, 0) is 62.2 Å². The van der Waals surface area contributed by atoms with Gasteiger partial charge in [-0.1, -0.05) is 35.9 Å². The monoisotopic (exact) mass is 423 g/mol. The average molecular weight is 424 g/mol. The number of halogens is 1. The fraction of sp³-hybridized carbons (Fsp3) is 0.174. The predicted molar refractivity (Wildman–Crippen MR) is 123 cm³/mol. The molecule has 0 radical (unpaired) electrons. The molecule has 0 aliphatic rings. The van der Waals surface area contributed by atoms with E-state index in [9.17, 15) is 4.79 Å². The highest BCUT2D eigenvalue weighted by atomic mass is 35.5. The Morgan fingerprint density at radius 1 is 1.17 bits per heavy atom. The van der Waals surface area contributed by atoms with Crippen molar-refractivity contribution in [3.8, 4) is 0 Å². The zero-order valence-corrected chi connectivity index (χ0v) is 18.1. The highest BCUT2D eigenvalue weighted by Gasteiger charge is 2.17. The normalized spacial score (nSPS) is 12.1. The van der Waals surface area contributed by atoms with Crippen LogP contribution >= 0.6 is 23.4 Å². The maximum Gasteiger partial charge on any atom is 0.237 e. The van der Waals surface area contributed by atoms with E-state index in [1.807, 2.05) is 75.4 Å². The van der Waals surface area contributed by atoms with Crippen LogP contribution in [0.3, 0.4) is 0 Å². The number of pyridine rings is 1. The summed E-state index contributed by atoms with van der Waals surface area (Å²) in [6.45, 7) is 5.89. The zero-order chi connectivity index (χ0) is 20.8. The number of aliphatic imine (C=N–C) groups is 1. The number of para-hydroxylation sites is 1. The molecule has 0 spiro atoms. The molecule has 1 aromatic heterocycles. The lowest BCUT2D eigenvalue weighted by Crippen LogP contribution is -2.22. The van der Waals surface area contributed by atoms with Gasteiger partial charge < -0.3 is 5.32 Å². The Morgan fingerprint density at radius 2 is 1.97 bits per heavy atom. The van der Waals surface area contributed by atoms with Crippen LogP contribution in [0, 0.1) is 13.8 Å². The molecule has 4 nitrogen and oxygen atoms in total. The third-order valence-corrected chi connectivity index (χ3v) is 5.80. The van der Waals surface area contributed by atoms with Gasteiger partial charge in [-0.2, -0.15) is 0 Å². The minimum atomic E-state index is -0.284. The van der Waals surface area contributed by atoms with Gasteiger partial charge in [0, 0.05) is 28.6 Å². The number of carbonyl (C=O) groups is 1. The minimum absolute atomic E-state index is 0.0437. The van der Waals surface area contributed by atoms with E-state index in [0.717, 1.165) is 33.0 Å². The van der Waals surface area contributed by atoms with Crippen molar-refractivity contribution in [2.24, 2.45) is 4.99 Å². The van der Waals surface area contributed by atoms with E-state index in [0.29, 0.717) is 5.15 Å². The van der Waals surface area contributed by atoms with Crippen molar-refractivity contribution in [2.45, 2.75) is 30.9 Å². The summed E-state index contributed by atoms with van der Waals surface area (Å²) in [6, 6.07) is 17.4. The van der Waals surface area contributed by atoms with Crippen LogP contribution in [-0.2, 0) is 4.79 Å². The molecule has 29 heavy (non-hydrogen) atoms. The first-order valence-corrected chi connectivity index (χ1v) is 10.5. The van der Waals surface area contributed by atoms with E-state index < -0.39 is 0 Å². The smallest absolute Gasteiger partial charge is 0.237 e. The van der Waals surface area contributed by atoms with Crippen LogP contribution in [0.2, 0.25) is 5.15 Å². The molecule has 0 bridgehead atoms. The van der Waals surface area contributed by atoms with E-state index in [2.05, 4.69) is 15.3 Å². The number of nitrogens with zero attached hydrogens (tertiary/aromatic N) is 2. The molecule has 148 valence electrons. The molecular formula is C23H22ClN3OS. The van der Waals surface area contributed by atoms with Crippen LogP contribution in [0.1, 0.15) is 23.6 Å². The Kier molecular flexibility index (Phi) is 7.07. The fourth-order valence-electron chi connectivity index (χ4n) is 2.65. The summed E-state index contributed by atoms with van der Waals surface area (Å²) in [7, 11) is 0. The molecule has 1 amide bonds. The van der Waals surface area contributed by atoms with Crippen molar-refractivity contribution in [2.75, 3.05) is 5.32 Å². The SMILES string of the molecule is Cc1ccc(C)c(NC(=O)[C@@H](C)Sc2ccccc2N=Cc2cccnc2Cl)c1. The first kappa shape index (κ1) is 21.1. The largest absolute Gasteiger partial charge is 0.325 e. The summed E-state index contributed by atoms with van der Waals surface area (Å²) < 4.78 is 0. The third-order valence-electron chi connectivity index (χ3n) is 4.32. The molecule has 3 rings (SSSR count). The van der Waals surface area contributed by atoms with Crippen molar-refractivity contribution in [3.05, 3.63) is 82.6 Å². The van der Waals surface area contributed by atoms with Gasteiger partial charge in [0.25, 0.3) is 0 Å². The number of aryl methyl sites for hydroxylation is 2. The number of aromatic nitrogens is 1. The van der Waals surface area contributed by atoms with Crippen LogP contribution in [0.5, 0.6) is 0 Å². The number of amides is 1. The number of nitrogens with one attached hydrogen (secondary N) is 1. The number of carbonyl (C=O) groups excluding carboxylic acids is 1. The standard InChI is InChI=1S/C23H22ClN3OS/c1-15-10-11-16(2)20(13-15)27-23(28)17(3)29-21-9-5-4-8-19(21)26-14-18-7-6-12-25-22(18)24/h4-14,17H,1-3H3,(H,27,28)/t17-/m1/s1. The quantitative estimate of drug-likeness (QED) is 0.291. The number of hydrogen-bond acceptors (Lipinski definition) is 4. The van der Waals surface area contributed by atoms with Gasteiger partial charge in [0.05, 0.1) is 10.9 Å². The van der Waals surface area contributed by atoms with Gasteiger partial charge in [0.15, 0.2) is 0 Å². The number of rotatable bonds is 6. The molecule has 1 N–H and O–H groups in total. The molecule has 0 saturated heterocycles. The first-order valence-electron chi connectivity index (χ1n) is 9.22. The van der Waals surface area contributed by atoms with E-state index in [-0.39, 0.29) is 11.2 Å². The van der Waals surface area contributed by atoms with Crippen LogP contribution < -0.4 is 5.32 Å². The molecule has 0 fully saturated rings. The van der Waals surface area contributed by atoms with Gasteiger partial charge in [-0.3, -0.25) is 9.79 Å². The number of anilines is 1. The molecule has 2 aromatic carbocycles. The lowest BCUT2D eigenvalue weighted by atomic mass is 10.1.